The standard InChI is InChI=1S/C22H20F3N5O2/c1-2-3-4-10-26-20(31)14-8-9-16-17(12-14)30-19(27-21(16)32)18(28-29-30)13-6-5-7-15(11-13)22(23,24)25/h5-9,11-12,29H,2-4,10H2,1H3,(H,26,31). The zero-order valence-electron chi connectivity index (χ0n) is 17.2. The van der Waals surface area contributed by atoms with Crippen LogP contribution >= 0.6 is 0 Å². The van der Waals surface area contributed by atoms with Crippen LogP contribution in [0.1, 0.15) is 42.1 Å². The van der Waals surface area contributed by atoms with E-state index in [-0.39, 0.29) is 28.2 Å². The highest BCUT2D eigenvalue weighted by Gasteiger charge is 2.31. The van der Waals surface area contributed by atoms with Crippen molar-refractivity contribution in [2.24, 2.45) is 0 Å². The number of alkyl halides is 3. The molecule has 0 saturated heterocycles. The number of aromatic nitrogens is 4. The lowest BCUT2D eigenvalue weighted by Gasteiger charge is -2.08. The van der Waals surface area contributed by atoms with Gasteiger partial charge >= 0.3 is 6.18 Å². The van der Waals surface area contributed by atoms with E-state index < -0.39 is 17.3 Å². The highest BCUT2D eigenvalue weighted by atomic mass is 19.4. The Morgan fingerprint density at radius 2 is 1.97 bits per heavy atom. The number of benzene rings is 2. The van der Waals surface area contributed by atoms with Crippen LogP contribution in [-0.4, -0.2) is 32.3 Å². The number of nitrogens with one attached hydrogen (secondary N) is 2. The number of H-pyrrole nitrogens is 1. The zero-order valence-corrected chi connectivity index (χ0v) is 17.2. The Balaban J connectivity index is 1.78. The molecule has 4 aromatic rings. The van der Waals surface area contributed by atoms with E-state index in [4.69, 9.17) is 0 Å². The molecule has 2 heterocycles. The van der Waals surface area contributed by atoms with Gasteiger partial charge in [0.2, 0.25) is 0 Å². The molecule has 166 valence electrons. The lowest BCUT2D eigenvalue weighted by molar-refractivity contribution is -0.137. The second kappa shape index (κ2) is 8.45. The molecule has 2 aromatic heterocycles. The highest BCUT2D eigenvalue weighted by Crippen LogP contribution is 2.32. The second-order valence-electron chi connectivity index (χ2n) is 7.41. The van der Waals surface area contributed by atoms with Gasteiger partial charge in [-0.15, -0.1) is 0 Å². The highest BCUT2D eigenvalue weighted by molar-refractivity contribution is 5.98. The number of halogens is 3. The summed E-state index contributed by atoms with van der Waals surface area (Å²) in [6, 6.07) is 9.21. The van der Waals surface area contributed by atoms with Gasteiger partial charge in [0.1, 0.15) is 5.69 Å². The van der Waals surface area contributed by atoms with Crippen LogP contribution in [-0.2, 0) is 6.18 Å². The predicted octanol–water partition coefficient (Wildman–Crippen LogP) is 4.18. The van der Waals surface area contributed by atoms with E-state index in [1.54, 1.807) is 0 Å². The van der Waals surface area contributed by atoms with Crippen LogP contribution in [0.15, 0.2) is 47.3 Å². The monoisotopic (exact) mass is 443 g/mol. The second-order valence-corrected chi connectivity index (χ2v) is 7.41. The molecule has 32 heavy (non-hydrogen) atoms. The molecule has 7 nitrogen and oxygen atoms in total. The summed E-state index contributed by atoms with van der Waals surface area (Å²) in [5.41, 5.74) is -0.358. The summed E-state index contributed by atoms with van der Waals surface area (Å²) in [6.45, 7) is 2.61. The number of fused-ring (bicyclic) bond motifs is 3. The fraction of sp³-hybridized carbons (Fsp3) is 0.273. The molecule has 2 aromatic carbocycles. The molecule has 0 saturated carbocycles. The first kappa shape index (κ1) is 21.5. The van der Waals surface area contributed by atoms with Crippen molar-refractivity contribution < 1.29 is 18.0 Å². The number of hydrogen-bond acceptors (Lipinski definition) is 4. The SMILES string of the molecule is CCCCCNC(=O)c1ccc2c(=O)nc3c(-c4cccc(C(F)(F)F)c4)n[nH]n3c2c1. The van der Waals surface area contributed by atoms with E-state index >= 15 is 0 Å². The maximum Gasteiger partial charge on any atom is 0.416 e. The van der Waals surface area contributed by atoms with E-state index in [1.165, 1.54) is 34.8 Å². The van der Waals surface area contributed by atoms with Gasteiger partial charge in [-0.1, -0.05) is 31.9 Å². The van der Waals surface area contributed by atoms with Crippen molar-refractivity contribution in [3.8, 4) is 11.3 Å². The number of nitrogens with zero attached hydrogens (tertiary/aromatic N) is 3. The van der Waals surface area contributed by atoms with Crippen molar-refractivity contribution in [2.45, 2.75) is 32.4 Å². The topological polar surface area (TPSA) is 92.2 Å². The van der Waals surface area contributed by atoms with Crippen molar-refractivity contribution in [2.75, 3.05) is 6.54 Å². The van der Waals surface area contributed by atoms with Gasteiger partial charge in [-0.25, -0.2) is 9.73 Å². The minimum absolute atomic E-state index is 0.0716. The van der Waals surface area contributed by atoms with Gasteiger partial charge in [0.15, 0.2) is 5.65 Å². The molecule has 1 amide bonds. The van der Waals surface area contributed by atoms with Gasteiger partial charge in [-0.3, -0.25) is 9.59 Å². The van der Waals surface area contributed by atoms with Crippen molar-refractivity contribution in [3.05, 3.63) is 63.9 Å². The van der Waals surface area contributed by atoms with Crippen molar-refractivity contribution >= 4 is 22.5 Å². The molecule has 0 atom stereocenters. The van der Waals surface area contributed by atoms with Crippen LogP contribution in [0, 0.1) is 0 Å². The molecule has 0 bridgehead atoms. The molecule has 0 radical (unpaired) electrons. The zero-order chi connectivity index (χ0) is 22.9. The molecule has 4 rings (SSSR count). The molecular weight excluding hydrogens is 423 g/mol. The number of unbranched alkanes of at least 4 members (excludes halogenated alkanes) is 2. The first-order valence-corrected chi connectivity index (χ1v) is 10.2. The summed E-state index contributed by atoms with van der Waals surface area (Å²) in [5, 5.41) is 9.88. The van der Waals surface area contributed by atoms with Crippen molar-refractivity contribution in [1.29, 1.82) is 0 Å². The Morgan fingerprint density at radius 3 is 2.72 bits per heavy atom. The summed E-state index contributed by atoms with van der Waals surface area (Å²) < 4.78 is 40.7. The quantitative estimate of drug-likeness (QED) is 0.438. The van der Waals surface area contributed by atoms with Gasteiger partial charge in [-0.05, 0) is 36.8 Å². The molecule has 0 fully saturated rings. The number of rotatable bonds is 6. The summed E-state index contributed by atoms with van der Waals surface area (Å²) in [7, 11) is 0. The Bertz CT molecular complexity index is 1360. The fourth-order valence-corrected chi connectivity index (χ4v) is 3.48. The van der Waals surface area contributed by atoms with Crippen LogP contribution in [0.2, 0.25) is 0 Å². The molecule has 10 heteroatoms. The molecule has 0 spiro atoms. The molecule has 0 unspecified atom stereocenters. The van der Waals surface area contributed by atoms with Crippen LogP contribution in [0.3, 0.4) is 0 Å². The Hall–Kier alpha value is -3.69. The molecular formula is C22H20F3N5O2. The summed E-state index contributed by atoms with van der Waals surface area (Å²) in [6.07, 6.45) is -1.61. The Kier molecular flexibility index (Phi) is 5.68. The maximum atomic E-state index is 13.1. The van der Waals surface area contributed by atoms with Crippen LogP contribution < -0.4 is 10.9 Å². The summed E-state index contributed by atoms with van der Waals surface area (Å²) in [5.74, 6) is -0.279. The normalized spacial score (nSPS) is 11.9. The number of carbonyl (C=O) groups excluding carboxylic acids is 1. The lowest BCUT2D eigenvalue weighted by Crippen LogP contribution is -2.24. The van der Waals surface area contributed by atoms with Crippen LogP contribution in [0.4, 0.5) is 13.2 Å². The van der Waals surface area contributed by atoms with Crippen molar-refractivity contribution in [3.63, 3.8) is 0 Å². The smallest absolute Gasteiger partial charge is 0.352 e. The minimum Gasteiger partial charge on any atom is -0.352 e. The summed E-state index contributed by atoms with van der Waals surface area (Å²) >= 11 is 0. The van der Waals surface area contributed by atoms with E-state index in [9.17, 15) is 22.8 Å². The third kappa shape index (κ3) is 4.08. The van der Waals surface area contributed by atoms with Gasteiger partial charge in [0.05, 0.1) is 16.5 Å². The molecule has 0 aliphatic rings. The number of carbonyl (C=O) groups is 1. The van der Waals surface area contributed by atoms with Crippen LogP contribution in [0.25, 0.3) is 27.8 Å². The van der Waals surface area contributed by atoms with E-state index in [0.717, 1.165) is 31.4 Å². The van der Waals surface area contributed by atoms with Crippen LogP contribution in [0.5, 0.6) is 0 Å². The van der Waals surface area contributed by atoms with E-state index in [2.05, 4.69) is 27.5 Å². The van der Waals surface area contributed by atoms with Gasteiger partial charge in [0.25, 0.3) is 11.5 Å². The Morgan fingerprint density at radius 1 is 1.16 bits per heavy atom. The number of hydrogen-bond donors (Lipinski definition) is 2. The molecule has 0 aliphatic heterocycles. The van der Waals surface area contributed by atoms with Crippen molar-refractivity contribution in [1.82, 2.24) is 25.1 Å². The first-order chi connectivity index (χ1) is 15.3. The van der Waals surface area contributed by atoms with E-state index in [0.29, 0.717) is 17.6 Å². The summed E-state index contributed by atoms with van der Waals surface area (Å²) in [4.78, 5) is 29.1. The lowest BCUT2D eigenvalue weighted by atomic mass is 10.1. The van der Waals surface area contributed by atoms with Gasteiger partial charge in [0, 0.05) is 17.7 Å². The number of amides is 1. The Labute approximate surface area is 180 Å². The minimum atomic E-state index is -4.52. The van der Waals surface area contributed by atoms with Gasteiger partial charge < -0.3 is 5.32 Å². The third-order valence-electron chi connectivity index (χ3n) is 5.15. The fourth-order valence-electron chi connectivity index (χ4n) is 3.48. The number of aromatic amines is 1. The first-order valence-electron chi connectivity index (χ1n) is 10.2. The average molecular weight is 443 g/mol. The average Bonchev–Trinajstić information content (AvgIpc) is 3.20. The third-order valence-corrected chi connectivity index (χ3v) is 5.15. The van der Waals surface area contributed by atoms with E-state index in [1.807, 2.05) is 0 Å². The largest absolute Gasteiger partial charge is 0.416 e. The predicted molar refractivity (Wildman–Crippen MR) is 113 cm³/mol. The van der Waals surface area contributed by atoms with Gasteiger partial charge in [-0.2, -0.15) is 23.3 Å². The maximum absolute atomic E-state index is 13.1. The molecule has 0 aliphatic carbocycles. The molecule has 2 N–H and O–H groups in total.